The molecule has 1 amide bonds. The zero-order chi connectivity index (χ0) is 16.2. The van der Waals surface area contributed by atoms with Crippen LogP contribution in [0.5, 0.6) is 0 Å². The maximum Gasteiger partial charge on any atom is 0.261 e. The molecule has 2 aromatic rings. The first-order chi connectivity index (χ1) is 11.1. The van der Waals surface area contributed by atoms with Crippen LogP contribution in [0, 0.1) is 13.8 Å². The molecule has 1 aliphatic heterocycles. The van der Waals surface area contributed by atoms with Crippen LogP contribution in [0.2, 0.25) is 0 Å². The lowest BCUT2D eigenvalue weighted by atomic mass is 10.1. The van der Waals surface area contributed by atoms with Gasteiger partial charge in [0.25, 0.3) is 5.91 Å². The van der Waals surface area contributed by atoms with Crippen molar-refractivity contribution in [3.8, 4) is 0 Å². The highest BCUT2D eigenvalue weighted by Crippen LogP contribution is 2.21. The fourth-order valence-electron chi connectivity index (χ4n) is 2.76. The van der Waals surface area contributed by atoms with Gasteiger partial charge in [-0.25, -0.2) is 9.97 Å². The standard InChI is InChI=1S/C17H20N4O2/c1-12-16(10-19-13(2)20-12)17(22)21(11-15-4-3-9-23-15)14-5-7-18-8-6-14/h5-8,10,15H,3-4,9,11H2,1-2H3. The average Bonchev–Trinajstić information content (AvgIpc) is 3.06. The highest BCUT2D eigenvalue weighted by Gasteiger charge is 2.26. The number of hydrogen-bond acceptors (Lipinski definition) is 5. The minimum Gasteiger partial charge on any atom is -0.376 e. The minimum atomic E-state index is -0.107. The lowest BCUT2D eigenvalue weighted by Crippen LogP contribution is -2.38. The van der Waals surface area contributed by atoms with Gasteiger partial charge in [-0.3, -0.25) is 9.78 Å². The molecule has 2 aromatic heterocycles. The van der Waals surface area contributed by atoms with Crippen molar-refractivity contribution in [2.75, 3.05) is 18.1 Å². The van der Waals surface area contributed by atoms with Gasteiger partial charge in [-0.05, 0) is 38.8 Å². The van der Waals surface area contributed by atoms with E-state index in [-0.39, 0.29) is 12.0 Å². The van der Waals surface area contributed by atoms with Crippen LogP contribution < -0.4 is 4.90 Å². The van der Waals surface area contributed by atoms with E-state index in [2.05, 4.69) is 15.0 Å². The summed E-state index contributed by atoms with van der Waals surface area (Å²) >= 11 is 0. The number of rotatable bonds is 4. The molecule has 1 atom stereocenters. The molecule has 1 fully saturated rings. The first-order valence-corrected chi connectivity index (χ1v) is 7.79. The Bertz CT molecular complexity index is 684. The van der Waals surface area contributed by atoms with Crippen LogP contribution in [-0.2, 0) is 4.74 Å². The Kier molecular flexibility index (Phi) is 4.62. The number of carbonyl (C=O) groups excluding carboxylic acids is 1. The van der Waals surface area contributed by atoms with E-state index in [9.17, 15) is 4.79 Å². The molecule has 120 valence electrons. The molecule has 3 rings (SSSR count). The van der Waals surface area contributed by atoms with Gasteiger partial charge in [0.2, 0.25) is 0 Å². The van der Waals surface area contributed by atoms with Crippen LogP contribution in [0.15, 0.2) is 30.7 Å². The lowest BCUT2D eigenvalue weighted by Gasteiger charge is -2.26. The van der Waals surface area contributed by atoms with E-state index >= 15 is 0 Å². The van der Waals surface area contributed by atoms with E-state index < -0.39 is 0 Å². The van der Waals surface area contributed by atoms with E-state index in [1.165, 1.54) is 0 Å². The summed E-state index contributed by atoms with van der Waals surface area (Å²) in [7, 11) is 0. The molecule has 0 radical (unpaired) electrons. The molecular formula is C17H20N4O2. The second kappa shape index (κ2) is 6.83. The Labute approximate surface area is 135 Å². The SMILES string of the molecule is Cc1ncc(C(=O)N(CC2CCCO2)c2ccncc2)c(C)n1. The number of nitrogens with zero attached hydrogens (tertiary/aromatic N) is 4. The number of ether oxygens (including phenoxy) is 1. The van der Waals surface area contributed by atoms with Gasteiger partial charge in [0, 0.05) is 30.9 Å². The quantitative estimate of drug-likeness (QED) is 0.866. The molecule has 6 nitrogen and oxygen atoms in total. The number of carbonyl (C=O) groups is 1. The third kappa shape index (κ3) is 3.53. The molecule has 0 saturated carbocycles. The smallest absolute Gasteiger partial charge is 0.261 e. The largest absolute Gasteiger partial charge is 0.376 e. The van der Waals surface area contributed by atoms with Crippen molar-refractivity contribution in [3.05, 3.63) is 47.8 Å². The topological polar surface area (TPSA) is 68.2 Å². The van der Waals surface area contributed by atoms with Gasteiger partial charge in [0.1, 0.15) is 5.82 Å². The van der Waals surface area contributed by atoms with Crippen LogP contribution in [0.3, 0.4) is 0 Å². The molecule has 0 aliphatic carbocycles. The molecule has 1 unspecified atom stereocenters. The van der Waals surface area contributed by atoms with Crippen LogP contribution in [0.1, 0.15) is 34.7 Å². The van der Waals surface area contributed by atoms with Crippen LogP contribution >= 0.6 is 0 Å². The predicted octanol–water partition coefficient (Wildman–Crippen LogP) is 2.31. The van der Waals surface area contributed by atoms with E-state index in [1.54, 1.807) is 23.5 Å². The molecule has 1 aliphatic rings. The fraction of sp³-hybridized carbons (Fsp3) is 0.412. The first kappa shape index (κ1) is 15.6. The molecule has 23 heavy (non-hydrogen) atoms. The number of pyridine rings is 1. The summed E-state index contributed by atoms with van der Waals surface area (Å²) in [5, 5.41) is 0. The highest BCUT2D eigenvalue weighted by molar-refractivity contribution is 6.06. The Hall–Kier alpha value is -2.34. The number of aryl methyl sites for hydroxylation is 2. The van der Waals surface area contributed by atoms with E-state index in [4.69, 9.17) is 4.74 Å². The Balaban J connectivity index is 1.91. The number of aromatic nitrogens is 3. The Morgan fingerprint density at radius 1 is 1.35 bits per heavy atom. The number of hydrogen-bond donors (Lipinski definition) is 0. The fourth-order valence-corrected chi connectivity index (χ4v) is 2.76. The first-order valence-electron chi connectivity index (χ1n) is 7.79. The molecular weight excluding hydrogens is 292 g/mol. The monoisotopic (exact) mass is 312 g/mol. The van der Waals surface area contributed by atoms with Gasteiger partial charge in [-0.2, -0.15) is 0 Å². The predicted molar refractivity (Wildman–Crippen MR) is 86.4 cm³/mol. The number of anilines is 1. The van der Waals surface area contributed by atoms with Gasteiger partial charge in [-0.1, -0.05) is 0 Å². The Morgan fingerprint density at radius 2 is 2.13 bits per heavy atom. The third-order valence-corrected chi connectivity index (χ3v) is 3.96. The third-order valence-electron chi connectivity index (χ3n) is 3.96. The van der Waals surface area contributed by atoms with E-state index in [0.717, 1.165) is 25.1 Å². The van der Waals surface area contributed by atoms with Crippen molar-refractivity contribution in [3.63, 3.8) is 0 Å². The molecule has 3 heterocycles. The van der Waals surface area contributed by atoms with E-state index in [0.29, 0.717) is 23.6 Å². The zero-order valence-corrected chi connectivity index (χ0v) is 13.4. The molecule has 0 spiro atoms. The second-order valence-electron chi connectivity index (χ2n) is 5.67. The normalized spacial score (nSPS) is 17.2. The second-order valence-corrected chi connectivity index (χ2v) is 5.67. The van der Waals surface area contributed by atoms with Gasteiger partial charge in [-0.15, -0.1) is 0 Å². The summed E-state index contributed by atoms with van der Waals surface area (Å²) < 4.78 is 5.70. The highest BCUT2D eigenvalue weighted by atomic mass is 16.5. The maximum absolute atomic E-state index is 13.0. The van der Waals surface area contributed by atoms with Crippen molar-refractivity contribution >= 4 is 11.6 Å². The summed E-state index contributed by atoms with van der Waals surface area (Å²) in [6.07, 6.45) is 7.05. The van der Waals surface area contributed by atoms with Crippen LogP contribution in [0.4, 0.5) is 5.69 Å². The minimum absolute atomic E-state index is 0.0683. The zero-order valence-electron chi connectivity index (χ0n) is 13.4. The summed E-state index contributed by atoms with van der Waals surface area (Å²) in [5.74, 6) is 0.554. The summed E-state index contributed by atoms with van der Waals surface area (Å²) in [6.45, 7) is 4.93. The van der Waals surface area contributed by atoms with Crippen molar-refractivity contribution in [2.24, 2.45) is 0 Å². The van der Waals surface area contributed by atoms with Crippen molar-refractivity contribution in [2.45, 2.75) is 32.8 Å². The maximum atomic E-state index is 13.0. The van der Waals surface area contributed by atoms with Gasteiger partial charge >= 0.3 is 0 Å². The summed E-state index contributed by atoms with van der Waals surface area (Å²) in [6, 6.07) is 3.66. The molecule has 6 heteroatoms. The molecule has 1 saturated heterocycles. The van der Waals surface area contributed by atoms with Crippen molar-refractivity contribution in [1.29, 1.82) is 0 Å². The van der Waals surface area contributed by atoms with Crippen LogP contribution in [0.25, 0.3) is 0 Å². The summed E-state index contributed by atoms with van der Waals surface area (Å²) in [5.41, 5.74) is 2.01. The van der Waals surface area contributed by atoms with Gasteiger partial charge in [0.15, 0.2) is 0 Å². The van der Waals surface area contributed by atoms with Gasteiger partial charge in [0.05, 0.1) is 23.9 Å². The van der Waals surface area contributed by atoms with E-state index in [1.807, 2.05) is 26.0 Å². The van der Waals surface area contributed by atoms with Crippen LogP contribution in [-0.4, -0.2) is 40.1 Å². The number of amides is 1. The molecule has 0 N–H and O–H groups in total. The van der Waals surface area contributed by atoms with Crippen molar-refractivity contribution in [1.82, 2.24) is 15.0 Å². The average molecular weight is 312 g/mol. The van der Waals surface area contributed by atoms with Crippen molar-refractivity contribution < 1.29 is 9.53 Å². The molecule has 0 bridgehead atoms. The lowest BCUT2D eigenvalue weighted by molar-refractivity contribution is 0.0916. The Morgan fingerprint density at radius 3 is 2.78 bits per heavy atom. The molecule has 0 aromatic carbocycles. The summed E-state index contributed by atoms with van der Waals surface area (Å²) in [4.78, 5) is 27.3. The van der Waals surface area contributed by atoms with Gasteiger partial charge < -0.3 is 9.64 Å².